The van der Waals surface area contributed by atoms with Crippen LogP contribution in [0, 0.1) is 0 Å². The monoisotopic (exact) mass is 330 g/mol. The molecule has 3 nitrogen and oxygen atoms in total. The molecule has 0 saturated heterocycles. The van der Waals surface area contributed by atoms with Gasteiger partial charge in [-0.1, -0.05) is 36.4 Å². The number of halogens is 1. The first-order valence-electron chi connectivity index (χ1n) is 8.18. The standard InChI is InChI=1S/C20H23FO3/c1-3-23-20(22)13-8-16-6-11-19(12-7-16)24-14-17-4-9-18(10-5-17)15(2)21/h4-7,9-12,15H,3,8,13-14H2,1-2H3. The number of carbonyl (C=O) groups excluding carboxylic acids is 1. The van der Waals surface area contributed by atoms with Crippen molar-refractivity contribution < 1.29 is 18.7 Å². The topological polar surface area (TPSA) is 35.5 Å². The van der Waals surface area contributed by atoms with E-state index in [4.69, 9.17) is 9.47 Å². The minimum atomic E-state index is -0.956. The van der Waals surface area contributed by atoms with Crippen LogP contribution in [0.15, 0.2) is 48.5 Å². The summed E-state index contributed by atoms with van der Waals surface area (Å²) in [6.45, 7) is 4.17. The van der Waals surface area contributed by atoms with Gasteiger partial charge in [0.05, 0.1) is 6.61 Å². The van der Waals surface area contributed by atoms with Crippen molar-refractivity contribution in [3.8, 4) is 5.75 Å². The van der Waals surface area contributed by atoms with Crippen molar-refractivity contribution in [2.45, 2.75) is 39.5 Å². The van der Waals surface area contributed by atoms with Crippen molar-refractivity contribution in [1.29, 1.82) is 0 Å². The van der Waals surface area contributed by atoms with E-state index in [9.17, 15) is 9.18 Å². The highest BCUT2D eigenvalue weighted by atomic mass is 19.1. The van der Waals surface area contributed by atoms with Crippen molar-refractivity contribution in [2.24, 2.45) is 0 Å². The summed E-state index contributed by atoms with van der Waals surface area (Å²) in [5.41, 5.74) is 2.73. The van der Waals surface area contributed by atoms with Gasteiger partial charge < -0.3 is 9.47 Å². The van der Waals surface area contributed by atoms with Crippen LogP contribution in [0.25, 0.3) is 0 Å². The first-order valence-corrected chi connectivity index (χ1v) is 8.18. The third kappa shape index (κ3) is 5.69. The maximum atomic E-state index is 13.1. The fraction of sp³-hybridized carbons (Fsp3) is 0.350. The summed E-state index contributed by atoms with van der Waals surface area (Å²) < 4.78 is 23.8. The number of rotatable bonds is 8. The van der Waals surface area contributed by atoms with E-state index in [0.29, 0.717) is 31.6 Å². The number of aryl methyl sites for hydroxylation is 1. The Morgan fingerprint density at radius 2 is 1.67 bits per heavy atom. The van der Waals surface area contributed by atoms with E-state index < -0.39 is 6.17 Å². The average Bonchev–Trinajstić information content (AvgIpc) is 2.59. The third-order valence-corrected chi connectivity index (χ3v) is 3.69. The molecule has 0 amide bonds. The lowest BCUT2D eigenvalue weighted by Crippen LogP contribution is -2.05. The van der Waals surface area contributed by atoms with Gasteiger partial charge in [0.1, 0.15) is 18.5 Å². The number of hydrogen-bond donors (Lipinski definition) is 0. The molecule has 0 aromatic heterocycles. The predicted octanol–water partition coefficient (Wildman–Crippen LogP) is 4.79. The summed E-state index contributed by atoms with van der Waals surface area (Å²) in [5, 5.41) is 0. The Morgan fingerprint density at radius 1 is 1.04 bits per heavy atom. The van der Waals surface area contributed by atoms with Crippen molar-refractivity contribution in [3.63, 3.8) is 0 Å². The molecule has 128 valence electrons. The maximum Gasteiger partial charge on any atom is 0.306 e. The summed E-state index contributed by atoms with van der Waals surface area (Å²) in [6, 6.07) is 15.0. The van der Waals surface area contributed by atoms with Crippen LogP contribution in [0.2, 0.25) is 0 Å². The highest BCUT2D eigenvalue weighted by molar-refractivity contribution is 5.69. The van der Waals surface area contributed by atoms with Crippen LogP contribution in [-0.4, -0.2) is 12.6 Å². The van der Waals surface area contributed by atoms with Crippen LogP contribution in [0.4, 0.5) is 4.39 Å². The highest BCUT2D eigenvalue weighted by Crippen LogP contribution is 2.18. The van der Waals surface area contributed by atoms with E-state index in [1.807, 2.05) is 36.4 Å². The summed E-state index contributed by atoms with van der Waals surface area (Å²) in [7, 11) is 0. The fourth-order valence-electron chi connectivity index (χ4n) is 2.28. The molecule has 24 heavy (non-hydrogen) atoms. The van der Waals surface area contributed by atoms with E-state index in [0.717, 1.165) is 16.9 Å². The second kappa shape index (κ2) is 9.06. The van der Waals surface area contributed by atoms with Gasteiger partial charge >= 0.3 is 5.97 Å². The molecule has 4 heteroatoms. The molecule has 0 aliphatic carbocycles. The lowest BCUT2D eigenvalue weighted by molar-refractivity contribution is -0.143. The molecule has 0 heterocycles. The van der Waals surface area contributed by atoms with E-state index in [1.54, 1.807) is 19.1 Å². The van der Waals surface area contributed by atoms with Gasteiger partial charge in [0.15, 0.2) is 0 Å². The molecular weight excluding hydrogens is 307 g/mol. The predicted molar refractivity (Wildman–Crippen MR) is 91.7 cm³/mol. The quantitative estimate of drug-likeness (QED) is 0.653. The summed E-state index contributed by atoms with van der Waals surface area (Å²) in [4.78, 5) is 11.3. The van der Waals surface area contributed by atoms with Crippen molar-refractivity contribution >= 4 is 5.97 Å². The lowest BCUT2D eigenvalue weighted by atomic mass is 10.1. The zero-order valence-electron chi connectivity index (χ0n) is 14.1. The van der Waals surface area contributed by atoms with Gasteiger partial charge in [0, 0.05) is 6.42 Å². The minimum absolute atomic E-state index is 0.177. The summed E-state index contributed by atoms with van der Waals surface area (Å²) >= 11 is 0. The molecule has 2 aromatic carbocycles. The van der Waals surface area contributed by atoms with Crippen molar-refractivity contribution in [3.05, 3.63) is 65.2 Å². The first kappa shape index (κ1) is 18.0. The zero-order chi connectivity index (χ0) is 17.4. The van der Waals surface area contributed by atoms with Crippen LogP contribution in [0.3, 0.4) is 0 Å². The van der Waals surface area contributed by atoms with E-state index in [1.165, 1.54) is 6.92 Å². The smallest absolute Gasteiger partial charge is 0.306 e. The molecule has 0 spiro atoms. The Kier molecular flexibility index (Phi) is 6.79. The summed E-state index contributed by atoms with van der Waals surface area (Å²) in [5.74, 6) is 0.585. The SMILES string of the molecule is CCOC(=O)CCc1ccc(OCc2ccc(C(C)F)cc2)cc1. The molecule has 0 saturated carbocycles. The summed E-state index contributed by atoms with van der Waals surface area (Å²) in [6.07, 6.45) is 0.0807. The molecule has 2 aromatic rings. The zero-order valence-corrected chi connectivity index (χ0v) is 14.1. The first-order chi connectivity index (χ1) is 11.6. The molecular formula is C20H23FO3. The number of hydrogen-bond acceptors (Lipinski definition) is 3. The fourth-order valence-corrected chi connectivity index (χ4v) is 2.28. The number of ether oxygens (including phenoxy) is 2. The van der Waals surface area contributed by atoms with Gasteiger partial charge in [0.25, 0.3) is 0 Å². The van der Waals surface area contributed by atoms with Crippen LogP contribution in [-0.2, 0) is 22.6 Å². The Bertz CT molecular complexity index is 633. The number of carbonyl (C=O) groups is 1. The molecule has 0 aliphatic rings. The van der Waals surface area contributed by atoms with Crippen LogP contribution < -0.4 is 4.74 Å². The molecule has 0 N–H and O–H groups in total. The Balaban J connectivity index is 1.82. The van der Waals surface area contributed by atoms with E-state index in [2.05, 4.69) is 0 Å². The van der Waals surface area contributed by atoms with Gasteiger partial charge in [-0.2, -0.15) is 0 Å². The Morgan fingerprint density at radius 3 is 2.25 bits per heavy atom. The second-order valence-electron chi connectivity index (χ2n) is 5.60. The van der Waals surface area contributed by atoms with Crippen molar-refractivity contribution in [2.75, 3.05) is 6.61 Å². The highest BCUT2D eigenvalue weighted by Gasteiger charge is 2.04. The molecule has 0 bridgehead atoms. The van der Waals surface area contributed by atoms with Gasteiger partial charge in [-0.15, -0.1) is 0 Å². The molecule has 0 radical (unpaired) electrons. The average molecular weight is 330 g/mol. The third-order valence-electron chi connectivity index (χ3n) is 3.69. The normalized spacial score (nSPS) is 11.8. The largest absolute Gasteiger partial charge is 0.489 e. The lowest BCUT2D eigenvalue weighted by Gasteiger charge is -2.09. The van der Waals surface area contributed by atoms with E-state index >= 15 is 0 Å². The van der Waals surface area contributed by atoms with Crippen LogP contribution in [0.1, 0.15) is 43.1 Å². The van der Waals surface area contributed by atoms with Gasteiger partial charge in [0.2, 0.25) is 0 Å². The van der Waals surface area contributed by atoms with Crippen LogP contribution in [0.5, 0.6) is 5.75 Å². The Labute approximate surface area is 142 Å². The second-order valence-corrected chi connectivity index (χ2v) is 5.60. The van der Waals surface area contributed by atoms with Crippen molar-refractivity contribution in [1.82, 2.24) is 0 Å². The molecule has 1 atom stereocenters. The molecule has 0 aliphatic heterocycles. The molecule has 2 rings (SSSR count). The molecule has 1 unspecified atom stereocenters. The number of esters is 1. The Hall–Kier alpha value is -2.36. The van der Waals surface area contributed by atoms with Crippen LogP contribution >= 0.6 is 0 Å². The van der Waals surface area contributed by atoms with Gasteiger partial charge in [-0.25, -0.2) is 4.39 Å². The minimum Gasteiger partial charge on any atom is -0.489 e. The van der Waals surface area contributed by atoms with Gasteiger partial charge in [-0.3, -0.25) is 4.79 Å². The number of alkyl halides is 1. The number of benzene rings is 2. The maximum absolute atomic E-state index is 13.1. The van der Waals surface area contributed by atoms with E-state index in [-0.39, 0.29) is 5.97 Å². The van der Waals surface area contributed by atoms with Gasteiger partial charge in [-0.05, 0) is 49.1 Å². The molecule has 0 fully saturated rings.